The predicted molar refractivity (Wildman–Crippen MR) is 114 cm³/mol. The van der Waals surface area contributed by atoms with Crippen molar-refractivity contribution in [1.29, 1.82) is 0 Å². The molecule has 0 saturated carbocycles. The number of anilines is 1. The van der Waals surface area contributed by atoms with Crippen LogP contribution in [0, 0.1) is 10.1 Å². The lowest BCUT2D eigenvalue weighted by atomic mass is 10.1. The van der Waals surface area contributed by atoms with Crippen molar-refractivity contribution in [2.24, 2.45) is 0 Å². The molecule has 0 spiro atoms. The minimum Gasteiger partial charge on any atom is -0.352 e. The highest BCUT2D eigenvalue weighted by Gasteiger charge is 2.27. The van der Waals surface area contributed by atoms with E-state index in [1.54, 1.807) is 23.1 Å². The molecule has 1 fully saturated rings. The number of carbonyl (C=O) groups is 1. The van der Waals surface area contributed by atoms with Gasteiger partial charge in [0.25, 0.3) is 11.6 Å². The SMILES string of the molecule is O=C(c1ccccc1[N+](=O)[O-])N1CCN(c2ccc(-c3ccccc3Cl)nn2)CC1. The van der Waals surface area contributed by atoms with Crippen LogP contribution < -0.4 is 4.90 Å². The Morgan fingerprint density at radius 3 is 2.30 bits per heavy atom. The van der Waals surface area contributed by atoms with Crippen LogP contribution in [0.4, 0.5) is 11.5 Å². The average Bonchev–Trinajstić information content (AvgIpc) is 2.79. The predicted octanol–water partition coefficient (Wildman–Crippen LogP) is 3.67. The number of rotatable bonds is 4. The molecule has 9 heteroatoms. The lowest BCUT2D eigenvalue weighted by Crippen LogP contribution is -2.49. The fourth-order valence-corrected chi connectivity index (χ4v) is 3.66. The molecule has 0 atom stereocenters. The Hall–Kier alpha value is -3.52. The second kappa shape index (κ2) is 8.46. The molecule has 2 aromatic carbocycles. The Morgan fingerprint density at radius 2 is 1.63 bits per heavy atom. The minimum absolute atomic E-state index is 0.111. The molecule has 3 aromatic rings. The van der Waals surface area contributed by atoms with Gasteiger partial charge in [-0.3, -0.25) is 14.9 Å². The minimum atomic E-state index is -0.528. The quantitative estimate of drug-likeness (QED) is 0.469. The third kappa shape index (κ3) is 3.95. The first-order chi connectivity index (χ1) is 14.5. The third-order valence-electron chi connectivity index (χ3n) is 5.02. The van der Waals surface area contributed by atoms with Gasteiger partial charge in [-0.05, 0) is 24.3 Å². The summed E-state index contributed by atoms with van der Waals surface area (Å²) in [6.45, 7) is 2.01. The molecule has 2 heterocycles. The fourth-order valence-electron chi connectivity index (χ4n) is 3.43. The molecule has 1 aliphatic rings. The number of nitro groups is 1. The Labute approximate surface area is 177 Å². The Balaban J connectivity index is 1.43. The number of halogens is 1. The number of aromatic nitrogens is 2. The van der Waals surface area contributed by atoms with E-state index < -0.39 is 4.92 Å². The molecule has 30 heavy (non-hydrogen) atoms. The normalized spacial score (nSPS) is 13.9. The third-order valence-corrected chi connectivity index (χ3v) is 5.35. The van der Waals surface area contributed by atoms with E-state index >= 15 is 0 Å². The van der Waals surface area contributed by atoms with Crippen LogP contribution in [0.1, 0.15) is 10.4 Å². The van der Waals surface area contributed by atoms with Crippen molar-refractivity contribution < 1.29 is 9.72 Å². The Morgan fingerprint density at radius 1 is 0.933 bits per heavy atom. The maximum Gasteiger partial charge on any atom is 0.282 e. The van der Waals surface area contributed by atoms with E-state index in [1.165, 1.54) is 12.1 Å². The van der Waals surface area contributed by atoms with E-state index in [1.807, 2.05) is 35.2 Å². The van der Waals surface area contributed by atoms with Crippen LogP contribution in [0.2, 0.25) is 5.02 Å². The molecule has 0 radical (unpaired) electrons. The van der Waals surface area contributed by atoms with Crippen LogP contribution in [-0.4, -0.2) is 52.1 Å². The highest BCUT2D eigenvalue weighted by atomic mass is 35.5. The lowest BCUT2D eigenvalue weighted by Gasteiger charge is -2.35. The van der Waals surface area contributed by atoms with Crippen molar-refractivity contribution in [3.8, 4) is 11.3 Å². The average molecular weight is 424 g/mol. The van der Waals surface area contributed by atoms with E-state index in [0.29, 0.717) is 42.7 Å². The summed E-state index contributed by atoms with van der Waals surface area (Å²) in [5.41, 5.74) is 1.44. The summed E-state index contributed by atoms with van der Waals surface area (Å²) < 4.78 is 0. The molecule has 152 valence electrons. The smallest absolute Gasteiger partial charge is 0.282 e. The van der Waals surface area contributed by atoms with Crippen molar-refractivity contribution in [3.63, 3.8) is 0 Å². The molecule has 1 aromatic heterocycles. The standard InChI is InChI=1S/C21H18ClN5O3/c22-17-7-3-1-5-15(17)18-9-10-20(24-23-18)25-11-13-26(14-12-25)21(28)16-6-2-4-8-19(16)27(29)30/h1-10H,11-14H2. The molecule has 8 nitrogen and oxygen atoms in total. The van der Waals surface area contributed by atoms with E-state index in [4.69, 9.17) is 11.6 Å². The summed E-state index contributed by atoms with van der Waals surface area (Å²) >= 11 is 6.22. The summed E-state index contributed by atoms with van der Waals surface area (Å²) in [7, 11) is 0. The van der Waals surface area contributed by atoms with Crippen LogP contribution in [0.3, 0.4) is 0 Å². The van der Waals surface area contributed by atoms with Gasteiger partial charge in [0.1, 0.15) is 5.56 Å². The number of nitrogens with zero attached hydrogens (tertiary/aromatic N) is 5. The topological polar surface area (TPSA) is 92.5 Å². The first-order valence-corrected chi connectivity index (χ1v) is 9.78. The zero-order valence-corrected chi connectivity index (χ0v) is 16.7. The van der Waals surface area contributed by atoms with Crippen LogP contribution >= 0.6 is 11.6 Å². The van der Waals surface area contributed by atoms with Gasteiger partial charge in [-0.15, -0.1) is 10.2 Å². The monoisotopic (exact) mass is 423 g/mol. The number of nitro benzene ring substituents is 1. The van der Waals surface area contributed by atoms with Crippen LogP contribution in [-0.2, 0) is 0 Å². The second-order valence-electron chi connectivity index (χ2n) is 6.81. The number of benzene rings is 2. The zero-order valence-electron chi connectivity index (χ0n) is 15.9. The van der Waals surface area contributed by atoms with Crippen LogP contribution in [0.25, 0.3) is 11.3 Å². The molecule has 0 bridgehead atoms. The molecule has 1 saturated heterocycles. The van der Waals surface area contributed by atoms with Gasteiger partial charge in [-0.2, -0.15) is 0 Å². The Kier molecular flexibility index (Phi) is 5.58. The van der Waals surface area contributed by atoms with Crippen molar-refractivity contribution in [2.45, 2.75) is 0 Å². The van der Waals surface area contributed by atoms with Gasteiger partial charge in [-0.1, -0.05) is 41.9 Å². The number of piperazine rings is 1. The summed E-state index contributed by atoms with van der Waals surface area (Å²) in [6.07, 6.45) is 0. The van der Waals surface area contributed by atoms with Crippen molar-refractivity contribution >= 4 is 29.0 Å². The zero-order chi connectivity index (χ0) is 21.1. The summed E-state index contributed by atoms with van der Waals surface area (Å²) in [6, 6.07) is 17.2. The molecule has 4 rings (SSSR count). The highest BCUT2D eigenvalue weighted by molar-refractivity contribution is 6.33. The molecular formula is C21H18ClN5O3. The van der Waals surface area contributed by atoms with E-state index in [0.717, 1.165) is 5.56 Å². The van der Waals surface area contributed by atoms with Gasteiger partial charge < -0.3 is 9.80 Å². The molecule has 1 aliphatic heterocycles. The van der Waals surface area contributed by atoms with Crippen molar-refractivity contribution in [3.05, 3.63) is 81.4 Å². The molecule has 0 N–H and O–H groups in total. The van der Waals surface area contributed by atoms with Crippen molar-refractivity contribution in [1.82, 2.24) is 15.1 Å². The van der Waals surface area contributed by atoms with Gasteiger partial charge >= 0.3 is 0 Å². The number of amides is 1. The molecular weight excluding hydrogens is 406 g/mol. The molecule has 0 unspecified atom stereocenters. The van der Waals surface area contributed by atoms with Crippen LogP contribution in [0.15, 0.2) is 60.7 Å². The van der Waals surface area contributed by atoms with Gasteiger partial charge in [0.2, 0.25) is 0 Å². The molecule has 1 amide bonds. The molecule has 0 aliphatic carbocycles. The summed E-state index contributed by atoms with van der Waals surface area (Å²) in [5, 5.41) is 20.4. The van der Waals surface area contributed by atoms with Crippen LogP contribution in [0.5, 0.6) is 0 Å². The van der Waals surface area contributed by atoms with Gasteiger partial charge in [0.15, 0.2) is 5.82 Å². The van der Waals surface area contributed by atoms with E-state index in [-0.39, 0.29) is 17.2 Å². The number of hydrogen-bond acceptors (Lipinski definition) is 6. The van der Waals surface area contributed by atoms with E-state index in [9.17, 15) is 14.9 Å². The first kappa shape index (κ1) is 19.8. The maximum atomic E-state index is 12.8. The summed E-state index contributed by atoms with van der Waals surface area (Å²) in [5.74, 6) is 0.380. The maximum absolute atomic E-state index is 12.8. The Bertz CT molecular complexity index is 1080. The highest BCUT2D eigenvalue weighted by Crippen LogP contribution is 2.26. The number of para-hydroxylation sites is 1. The van der Waals surface area contributed by atoms with Crippen molar-refractivity contribution in [2.75, 3.05) is 31.1 Å². The number of hydrogen-bond donors (Lipinski definition) is 0. The first-order valence-electron chi connectivity index (χ1n) is 9.41. The van der Waals surface area contributed by atoms with Gasteiger partial charge in [0, 0.05) is 37.8 Å². The number of carbonyl (C=O) groups excluding carboxylic acids is 1. The fraction of sp³-hybridized carbons (Fsp3) is 0.190. The summed E-state index contributed by atoms with van der Waals surface area (Å²) in [4.78, 5) is 27.1. The van der Waals surface area contributed by atoms with Gasteiger partial charge in [0.05, 0.1) is 15.6 Å². The lowest BCUT2D eigenvalue weighted by molar-refractivity contribution is -0.385. The van der Waals surface area contributed by atoms with E-state index in [2.05, 4.69) is 10.2 Å². The largest absolute Gasteiger partial charge is 0.352 e. The van der Waals surface area contributed by atoms with Gasteiger partial charge in [-0.25, -0.2) is 0 Å². The second-order valence-corrected chi connectivity index (χ2v) is 7.22.